The number of hydrogen-bond acceptors (Lipinski definition) is 3. The fourth-order valence-electron chi connectivity index (χ4n) is 2.99. The highest BCUT2D eigenvalue weighted by molar-refractivity contribution is 7.89. The quantitative estimate of drug-likeness (QED) is 0.718. The Kier molecular flexibility index (Phi) is 6.29. The minimum Gasteiger partial charge on any atom is -0.338 e. The van der Waals surface area contributed by atoms with Crippen LogP contribution in [0.5, 0.6) is 0 Å². The molecule has 0 aliphatic heterocycles. The van der Waals surface area contributed by atoms with Crippen molar-refractivity contribution in [2.24, 2.45) is 5.92 Å². The van der Waals surface area contributed by atoms with Crippen LogP contribution in [0.15, 0.2) is 59.5 Å². The van der Waals surface area contributed by atoms with E-state index in [1.54, 1.807) is 12.1 Å². The highest BCUT2D eigenvalue weighted by atomic mass is 32.2. The molecule has 1 amide bonds. The number of nitrogens with zero attached hydrogens (tertiary/aromatic N) is 1. The molecule has 5 nitrogen and oxygen atoms in total. The van der Waals surface area contributed by atoms with E-state index in [1.165, 1.54) is 25.0 Å². The molecule has 144 valence electrons. The van der Waals surface area contributed by atoms with Crippen molar-refractivity contribution < 1.29 is 13.2 Å². The predicted octanol–water partition coefficient (Wildman–Crippen LogP) is 3.43. The first-order valence-electron chi connectivity index (χ1n) is 9.42. The van der Waals surface area contributed by atoms with Gasteiger partial charge >= 0.3 is 0 Å². The van der Waals surface area contributed by atoms with E-state index < -0.39 is 10.0 Å². The minimum absolute atomic E-state index is 0.0936. The number of nitrogens with one attached hydrogen (secondary N) is 1. The number of benzene rings is 2. The van der Waals surface area contributed by atoms with E-state index in [4.69, 9.17) is 0 Å². The summed E-state index contributed by atoms with van der Waals surface area (Å²) < 4.78 is 27.9. The molecule has 0 unspecified atom stereocenters. The second-order valence-corrected chi connectivity index (χ2v) is 8.80. The van der Waals surface area contributed by atoms with Gasteiger partial charge in [0.1, 0.15) is 0 Å². The van der Waals surface area contributed by atoms with Gasteiger partial charge in [0.2, 0.25) is 10.0 Å². The number of rotatable bonds is 9. The van der Waals surface area contributed by atoms with Crippen LogP contribution < -0.4 is 4.72 Å². The van der Waals surface area contributed by atoms with E-state index in [1.807, 2.05) is 42.2 Å². The van der Waals surface area contributed by atoms with Crippen molar-refractivity contribution in [1.82, 2.24) is 9.62 Å². The summed E-state index contributed by atoms with van der Waals surface area (Å²) in [6, 6.07) is 15.7. The lowest BCUT2D eigenvalue weighted by Gasteiger charge is -2.22. The fraction of sp³-hybridized carbons (Fsp3) is 0.381. The molecule has 1 aliphatic carbocycles. The van der Waals surface area contributed by atoms with Gasteiger partial charge in [-0.1, -0.05) is 43.3 Å². The Morgan fingerprint density at radius 2 is 1.85 bits per heavy atom. The van der Waals surface area contributed by atoms with Gasteiger partial charge in [-0.3, -0.25) is 4.79 Å². The average Bonchev–Trinajstić information content (AvgIpc) is 3.51. The Bertz CT molecular complexity index is 877. The van der Waals surface area contributed by atoms with Gasteiger partial charge in [-0.15, -0.1) is 0 Å². The van der Waals surface area contributed by atoms with E-state index >= 15 is 0 Å². The van der Waals surface area contributed by atoms with Crippen LogP contribution in [0.4, 0.5) is 0 Å². The lowest BCUT2D eigenvalue weighted by Crippen LogP contribution is -2.33. The zero-order valence-electron chi connectivity index (χ0n) is 15.6. The first-order chi connectivity index (χ1) is 13.0. The maximum Gasteiger partial charge on any atom is 0.253 e. The van der Waals surface area contributed by atoms with Gasteiger partial charge in [-0.2, -0.15) is 0 Å². The molecular formula is C21H26N2O3S. The van der Waals surface area contributed by atoms with Crippen molar-refractivity contribution in [1.29, 1.82) is 0 Å². The standard InChI is InChI=1S/C21H26N2O3S/c1-2-13-23(16-18-11-12-18)21(24)19-9-6-10-20(14-19)27(25,26)22-15-17-7-4-3-5-8-17/h3-10,14,18,22H,2,11-13,15-16H2,1H3. The van der Waals surface area contributed by atoms with Crippen LogP contribution in [-0.2, 0) is 16.6 Å². The summed E-state index contributed by atoms with van der Waals surface area (Å²) >= 11 is 0. The summed E-state index contributed by atoms with van der Waals surface area (Å²) in [4.78, 5) is 14.8. The van der Waals surface area contributed by atoms with Gasteiger partial charge in [0.05, 0.1) is 4.90 Å². The average molecular weight is 387 g/mol. The van der Waals surface area contributed by atoms with Gasteiger partial charge in [0, 0.05) is 25.2 Å². The number of amides is 1. The Hall–Kier alpha value is -2.18. The van der Waals surface area contributed by atoms with Gasteiger partial charge < -0.3 is 4.90 Å². The van der Waals surface area contributed by atoms with Gasteiger partial charge in [-0.05, 0) is 48.9 Å². The van der Waals surface area contributed by atoms with Gasteiger partial charge in [0.25, 0.3) is 5.91 Å². The summed E-state index contributed by atoms with van der Waals surface area (Å²) in [6.45, 7) is 3.71. The zero-order valence-corrected chi connectivity index (χ0v) is 16.4. The summed E-state index contributed by atoms with van der Waals surface area (Å²) in [5.41, 5.74) is 1.30. The molecule has 0 saturated heterocycles. The van der Waals surface area contributed by atoms with E-state index in [2.05, 4.69) is 4.72 Å². The lowest BCUT2D eigenvalue weighted by atomic mass is 10.2. The molecule has 1 N–H and O–H groups in total. The number of hydrogen-bond donors (Lipinski definition) is 1. The van der Waals surface area contributed by atoms with Gasteiger partial charge in [0.15, 0.2) is 0 Å². The molecule has 0 atom stereocenters. The third kappa shape index (κ3) is 5.40. The predicted molar refractivity (Wildman–Crippen MR) is 106 cm³/mol. The van der Waals surface area contributed by atoms with E-state index in [0.717, 1.165) is 18.5 Å². The SMILES string of the molecule is CCCN(CC1CC1)C(=O)c1cccc(S(=O)(=O)NCc2ccccc2)c1. The molecule has 6 heteroatoms. The highest BCUT2D eigenvalue weighted by Crippen LogP contribution is 2.30. The van der Waals surface area contributed by atoms with E-state index in [9.17, 15) is 13.2 Å². The van der Waals surface area contributed by atoms with Crippen molar-refractivity contribution in [3.63, 3.8) is 0 Å². The minimum atomic E-state index is -3.68. The van der Waals surface area contributed by atoms with Crippen LogP contribution in [0, 0.1) is 5.92 Å². The van der Waals surface area contributed by atoms with Crippen LogP contribution in [0.2, 0.25) is 0 Å². The monoisotopic (exact) mass is 386 g/mol. The molecular weight excluding hydrogens is 360 g/mol. The molecule has 0 spiro atoms. The Balaban J connectivity index is 1.74. The lowest BCUT2D eigenvalue weighted by molar-refractivity contribution is 0.0747. The normalized spacial score (nSPS) is 14.1. The van der Waals surface area contributed by atoms with Crippen LogP contribution in [0.25, 0.3) is 0 Å². The first-order valence-corrected chi connectivity index (χ1v) is 10.9. The first kappa shape index (κ1) is 19.6. The van der Waals surface area contributed by atoms with E-state index in [0.29, 0.717) is 18.0 Å². The fourth-order valence-corrected chi connectivity index (χ4v) is 4.06. The molecule has 0 radical (unpaired) electrons. The summed E-state index contributed by atoms with van der Waals surface area (Å²) in [7, 11) is -3.68. The maximum atomic E-state index is 12.9. The van der Waals surface area contributed by atoms with Crippen LogP contribution in [0.1, 0.15) is 42.1 Å². The molecule has 1 fully saturated rings. The molecule has 2 aromatic carbocycles. The Morgan fingerprint density at radius 1 is 1.11 bits per heavy atom. The molecule has 0 aromatic heterocycles. The molecule has 3 rings (SSSR count). The van der Waals surface area contributed by atoms with E-state index in [-0.39, 0.29) is 17.3 Å². The second kappa shape index (κ2) is 8.67. The number of sulfonamides is 1. The van der Waals surface area contributed by atoms with Crippen LogP contribution in [0.3, 0.4) is 0 Å². The summed E-state index contributed by atoms with van der Waals surface area (Å²) in [5, 5.41) is 0. The number of carbonyl (C=O) groups is 1. The molecule has 27 heavy (non-hydrogen) atoms. The topological polar surface area (TPSA) is 66.5 Å². The summed E-state index contributed by atoms with van der Waals surface area (Å²) in [6.07, 6.45) is 3.23. The van der Waals surface area contributed by atoms with Crippen molar-refractivity contribution in [3.05, 3.63) is 65.7 Å². The Labute approximate surface area is 161 Å². The third-order valence-electron chi connectivity index (χ3n) is 4.66. The molecule has 0 heterocycles. The number of carbonyl (C=O) groups excluding carboxylic acids is 1. The van der Waals surface area contributed by atoms with Crippen LogP contribution in [-0.4, -0.2) is 32.3 Å². The third-order valence-corrected chi connectivity index (χ3v) is 6.06. The molecule has 2 aromatic rings. The van der Waals surface area contributed by atoms with Crippen molar-refractivity contribution in [2.75, 3.05) is 13.1 Å². The maximum absolute atomic E-state index is 12.9. The Morgan fingerprint density at radius 3 is 2.52 bits per heavy atom. The van der Waals surface area contributed by atoms with Crippen molar-refractivity contribution in [3.8, 4) is 0 Å². The second-order valence-electron chi connectivity index (χ2n) is 7.03. The zero-order chi connectivity index (χ0) is 19.3. The molecule has 0 bridgehead atoms. The smallest absolute Gasteiger partial charge is 0.253 e. The van der Waals surface area contributed by atoms with Gasteiger partial charge in [-0.25, -0.2) is 13.1 Å². The summed E-state index contributed by atoms with van der Waals surface area (Å²) in [5.74, 6) is 0.504. The molecule has 1 saturated carbocycles. The van der Waals surface area contributed by atoms with Crippen molar-refractivity contribution >= 4 is 15.9 Å². The molecule has 1 aliphatic rings. The largest absolute Gasteiger partial charge is 0.338 e. The van der Waals surface area contributed by atoms with Crippen molar-refractivity contribution in [2.45, 2.75) is 37.6 Å². The van der Waals surface area contributed by atoms with Crippen LogP contribution >= 0.6 is 0 Å². The highest BCUT2D eigenvalue weighted by Gasteiger charge is 2.27.